The molecule has 2 saturated carbocycles. The molecule has 15 nitrogen and oxygen atoms in total. The number of alkyl carbamates (subject to hydrolysis) is 1. The Kier molecular flexibility index (Phi) is 12.9. The molecule has 4 amide bonds. The zero-order chi connectivity index (χ0) is 45.8. The zero-order valence-electron chi connectivity index (χ0n) is 38.4. The highest BCUT2D eigenvalue weighted by Crippen LogP contribution is 2.48. The van der Waals surface area contributed by atoms with Crippen LogP contribution in [0.25, 0.3) is 21.6 Å². The summed E-state index contributed by atoms with van der Waals surface area (Å²) in [5.74, 6) is -1.79. The first kappa shape index (κ1) is 46.5. The SMILES string of the molecule is CC(C)c1nc(-c2cccc3c2nc(O[C@@H]2C[C@H]4C(=O)N[C@]5(C(=O)NS(=O)(=O)C6(C)CC6)C[C@H]5/C=C\CCCCC[C@H](NC(=O)OC(C)(C)C)C(=O)N4C2)n3C(C)C)sc1C(C)C. The Bertz CT molecular complexity index is 2370. The number of sulfonamides is 1. The number of ether oxygens (including phenoxy) is 2. The number of nitrogens with zero attached hydrogens (tertiary/aromatic N) is 4. The third kappa shape index (κ3) is 9.64. The second kappa shape index (κ2) is 17.5. The minimum atomic E-state index is -4.01. The van der Waals surface area contributed by atoms with Crippen molar-refractivity contribution in [2.45, 2.75) is 179 Å². The first-order valence-electron chi connectivity index (χ1n) is 22.6. The van der Waals surface area contributed by atoms with Gasteiger partial charge in [-0.2, -0.15) is 4.98 Å². The van der Waals surface area contributed by atoms with E-state index in [9.17, 15) is 27.6 Å². The number of carbonyl (C=O) groups is 4. The maximum Gasteiger partial charge on any atom is 0.408 e. The Labute approximate surface area is 375 Å². The Balaban J connectivity index is 1.24. The maximum atomic E-state index is 14.8. The number of allylic oxidation sites excluding steroid dienone is 1. The summed E-state index contributed by atoms with van der Waals surface area (Å²) in [7, 11) is -4.01. The van der Waals surface area contributed by atoms with Crippen LogP contribution in [0.1, 0.15) is 155 Å². The molecule has 63 heavy (non-hydrogen) atoms. The molecule has 2 aliphatic heterocycles. The molecule has 2 aliphatic carbocycles. The lowest BCUT2D eigenvalue weighted by molar-refractivity contribution is -0.141. The number of benzene rings is 1. The molecule has 344 valence electrons. The molecule has 3 N–H and O–H groups in total. The fraction of sp³-hybridized carbons (Fsp3) is 0.652. The number of amides is 4. The standard InChI is InChI=1S/C46H65N7O8S2/c1-26(2)35-37(27(3)4)62-39(48-35)31-18-16-20-33-36(31)49-42(53(33)28(5)6)60-30-23-34-38(54)50-46(41(56)51-63(58,59)45(10)21-22-45)24-29(46)17-14-12-11-13-15-19-32(40(55)52(34)25-30)47-43(57)61-44(7,8)9/h14,16-18,20,26-30,32,34H,11-13,15,19,21-25H2,1-10H3,(H,47,57)(H,50,54)(H,51,56)/b17-14-/t29-,30-,32+,34+,46-/m1/s1. The predicted molar refractivity (Wildman–Crippen MR) is 243 cm³/mol. The smallest absolute Gasteiger partial charge is 0.408 e. The average Bonchev–Trinajstić information content (AvgIpc) is 3.87. The normalized spacial score (nSPS) is 25.8. The lowest BCUT2D eigenvalue weighted by Crippen LogP contribution is -2.58. The van der Waals surface area contributed by atoms with E-state index in [0.29, 0.717) is 44.0 Å². The molecule has 0 unspecified atom stereocenters. The van der Waals surface area contributed by atoms with E-state index in [1.165, 1.54) is 9.78 Å². The van der Waals surface area contributed by atoms with Crippen LogP contribution in [0.5, 0.6) is 6.01 Å². The third-order valence-corrected chi connectivity index (χ3v) is 16.2. The lowest BCUT2D eigenvalue weighted by atomic mass is 10.0. The van der Waals surface area contributed by atoms with Crippen molar-refractivity contribution in [2.75, 3.05) is 6.54 Å². The molecule has 7 rings (SSSR count). The van der Waals surface area contributed by atoms with Crippen molar-refractivity contribution in [3.63, 3.8) is 0 Å². The topological polar surface area (TPSA) is 191 Å². The van der Waals surface area contributed by atoms with E-state index in [2.05, 4.69) is 43.1 Å². The second-order valence-electron chi connectivity index (χ2n) is 20.0. The molecule has 5 atom stereocenters. The summed E-state index contributed by atoms with van der Waals surface area (Å²) in [6.45, 7) is 19.5. The van der Waals surface area contributed by atoms with Crippen molar-refractivity contribution in [1.82, 2.24) is 34.8 Å². The summed E-state index contributed by atoms with van der Waals surface area (Å²) < 4.78 is 42.2. The molecule has 3 aromatic rings. The first-order valence-corrected chi connectivity index (χ1v) is 24.9. The van der Waals surface area contributed by atoms with Crippen molar-refractivity contribution < 1.29 is 37.1 Å². The van der Waals surface area contributed by atoms with Crippen molar-refractivity contribution in [2.24, 2.45) is 5.92 Å². The maximum absolute atomic E-state index is 14.8. The Morgan fingerprint density at radius 1 is 1.02 bits per heavy atom. The van der Waals surface area contributed by atoms with Gasteiger partial charge in [0.2, 0.25) is 21.8 Å². The summed E-state index contributed by atoms with van der Waals surface area (Å²) >= 11 is 1.67. The number of imidazole rings is 1. The number of thiazole rings is 1. The van der Waals surface area contributed by atoms with Crippen LogP contribution < -0.4 is 20.1 Å². The molecular formula is C46H65N7O8S2. The molecule has 2 aromatic heterocycles. The number of carbonyl (C=O) groups excluding carboxylic acids is 4. The van der Waals surface area contributed by atoms with Crippen LogP contribution in [0, 0.1) is 5.92 Å². The first-order chi connectivity index (χ1) is 29.5. The number of hydrogen-bond acceptors (Lipinski definition) is 11. The predicted octanol–water partition coefficient (Wildman–Crippen LogP) is 7.62. The van der Waals surface area contributed by atoms with Crippen molar-refractivity contribution >= 4 is 56.2 Å². The zero-order valence-corrected chi connectivity index (χ0v) is 40.0. The molecular weight excluding hydrogens is 843 g/mol. The Morgan fingerprint density at radius 2 is 1.75 bits per heavy atom. The molecule has 0 bridgehead atoms. The van der Waals surface area contributed by atoms with Gasteiger partial charge in [0.1, 0.15) is 39.9 Å². The van der Waals surface area contributed by atoms with Gasteiger partial charge in [0.15, 0.2) is 0 Å². The van der Waals surface area contributed by atoms with E-state index in [0.717, 1.165) is 40.1 Å². The minimum absolute atomic E-state index is 0.0190. The van der Waals surface area contributed by atoms with Crippen LogP contribution in [0.4, 0.5) is 4.79 Å². The molecule has 4 heterocycles. The highest BCUT2D eigenvalue weighted by molar-refractivity contribution is 7.91. The number of rotatable bonds is 10. The summed E-state index contributed by atoms with van der Waals surface area (Å²) in [5.41, 5.74) is 1.18. The average molecular weight is 908 g/mol. The lowest BCUT2D eigenvalue weighted by Gasteiger charge is -2.30. The quantitative estimate of drug-likeness (QED) is 0.171. The second-order valence-corrected chi connectivity index (χ2v) is 23.2. The van der Waals surface area contributed by atoms with E-state index >= 15 is 0 Å². The molecule has 0 spiro atoms. The molecule has 17 heteroatoms. The van der Waals surface area contributed by atoms with Crippen LogP contribution in [0.15, 0.2) is 30.4 Å². The van der Waals surface area contributed by atoms with Gasteiger partial charge in [-0.15, -0.1) is 11.3 Å². The van der Waals surface area contributed by atoms with E-state index in [-0.39, 0.29) is 31.3 Å². The Hall–Kier alpha value is -4.51. The fourth-order valence-corrected chi connectivity index (χ4v) is 11.2. The highest BCUT2D eigenvalue weighted by Gasteiger charge is 2.63. The van der Waals surface area contributed by atoms with E-state index in [4.69, 9.17) is 19.4 Å². The van der Waals surface area contributed by atoms with Gasteiger partial charge < -0.3 is 25.0 Å². The monoisotopic (exact) mass is 907 g/mol. The number of hydrogen-bond donors (Lipinski definition) is 3. The van der Waals surface area contributed by atoms with Gasteiger partial charge in [0.05, 0.1) is 22.5 Å². The summed E-state index contributed by atoms with van der Waals surface area (Å²) in [6, 6.07) is 4.10. The van der Waals surface area contributed by atoms with Crippen LogP contribution in [0.3, 0.4) is 0 Å². The third-order valence-electron chi connectivity index (χ3n) is 12.6. The summed E-state index contributed by atoms with van der Waals surface area (Å²) in [5, 5.41) is 6.60. The molecule has 0 radical (unpaired) electrons. The minimum Gasteiger partial charge on any atom is -0.459 e. The van der Waals surface area contributed by atoms with Crippen molar-refractivity contribution in [3.05, 3.63) is 40.9 Å². The summed E-state index contributed by atoms with van der Waals surface area (Å²) in [6.07, 6.45) is 6.65. The van der Waals surface area contributed by atoms with Gasteiger partial charge in [-0.05, 0) is 104 Å². The highest BCUT2D eigenvalue weighted by atomic mass is 32.2. The van der Waals surface area contributed by atoms with Crippen LogP contribution >= 0.6 is 11.3 Å². The number of fused-ring (bicyclic) bond motifs is 3. The van der Waals surface area contributed by atoms with Crippen LogP contribution in [-0.4, -0.2) is 92.3 Å². The van der Waals surface area contributed by atoms with Gasteiger partial charge in [-0.1, -0.05) is 58.8 Å². The van der Waals surface area contributed by atoms with Gasteiger partial charge >= 0.3 is 6.09 Å². The van der Waals surface area contributed by atoms with E-state index in [1.807, 2.05) is 48.8 Å². The van der Waals surface area contributed by atoms with Gasteiger partial charge in [0, 0.05) is 28.8 Å². The number of nitrogens with one attached hydrogen (secondary N) is 3. The molecule has 3 fully saturated rings. The van der Waals surface area contributed by atoms with Gasteiger partial charge in [0.25, 0.3) is 11.9 Å². The van der Waals surface area contributed by atoms with Crippen molar-refractivity contribution in [3.8, 4) is 16.6 Å². The molecule has 4 aliphatic rings. The molecule has 1 aromatic carbocycles. The number of para-hydroxylation sites is 1. The van der Waals surface area contributed by atoms with Crippen molar-refractivity contribution in [1.29, 1.82) is 0 Å². The van der Waals surface area contributed by atoms with Crippen LogP contribution in [-0.2, 0) is 29.1 Å². The summed E-state index contributed by atoms with van der Waals surface area (Å²) in [4.78, 5) is 69.6. The van der Waals surface area contributed by atoms with E-state index < -0.39 is 73.8 Å². The van der Waals surface area contributed by atoms with Gasteiger partial charge in [-0.25, -0.2) is 18.2 Å². The number of aromatic nitrogens is 3. The van der Waals surface area contributed by atoms with E-state index in [1.54, 1.807) is 39.0 Å². The molecule has 1 saturated heterocycles. The van der Waals surface area contributed by atoms with Gasteiger partial charge in [-0.3, -0.25) is 23.7 Å². The Morgan fingerprint density at radius 3 is 2.38 bits per heavy atom. The van der Waals surface area contributed by atoms with Crippen LogP contribution in [0.2, 0.25) is 0 Å². The fourth-order valence-electron chi connectivity index (χ4n) is 8.68. The largest absolute Gasteiger partial charge is 0.459 e.